The molecule has 0 radical (unpaired) electrons. The van der Waals surface area contributed by atoms with Crippen molar-refractivity contribution in [2.24, 2.45) is 0 Å². The molecule has 146 valence electrons. The molecule has 3 rings (SSSR count). The number of nitrogens with one attached hydrogen (secondary N) is 3. The molecule has 0 saturated carbocycles. The minimum atomic E-state index is -1.07. The molecule has 26 heavy (non-hydrogen) atoms. The molecule has 0 spiro atoms. The summed E-state index contributed by atoms with van der Waals surface area (Å²) in [6.07, 6.45) is -0.239. The van der Waals surface area contributed by atoms with Gasteiger partial charge in [0.25, 0.3) is 0 Å². The van der Waals surface area contributed by atoms with Gasteiger partial charge >= 0.3 is 0 Å². The van der Waals surface area contributed by atoms with Gasteiger partial charge in [0, 0.05) is 6.54 Å². The molecule has 1 fully saturated rings. The van der Waals surface area contributed by atoms with Crippen molar-refractivity contribution >= 4 is 17.3 Å². The Kier molecular flexibility index (Phi) is 6.09. The zero-order chi connectivity index (χ0) is 18.7. The largest absolute Gasteiger partial charge is 0.387 e. The van der Waals surface area contributed by atoms with Crippen LogP contribution in [-0.2, 0) is 4.74 Å². The summed E-state index contributed by atoms with van der Waals surface area (Å²) in [5.74, 6) is 0.879. The smallest absolute Gasteiger partial charge is 0.163 e. The van der Waals surface area contributed by atoms with Crippen LogP contribution in [0, 0.1) is 0 Å². The van der Waals surface area contributed by atoms with E-state index in [1.807, 2.05) is 6.92 Å². The van der Waals surface area contributed by atoms with E-state index in [1.165, 1.54) is 6.33 Å². The zero-order valence-corrected chi connectivity index (χ0v) is 15.2. The Bertz CT molecular complexity index is 605. The van der Waals surface area contributed by atoms with Gasteiger partial charge in [0.1, 0.15) is 30.3 Å². The SMILES string of the molecule is CCCCN[C@H]1Nc2c(N)ncnc2N1[C@@H]1O[C@H](CNCC)[C@@H](O)[C@H]1O. The lowest BCUT2D eigenvalue weighted by molar-refractivity contribution is 0.00364. The number of aliphatic hydroxyl groups is 2. The number of unbranched alkanes of at least 4 members (excludes halogenated alkanes) is 1. The summed E-state index contributed by atoms with van der Waals surface area (Å²) >= 11 is 0. The van der Waals surface area contributed by atoms with Crippen molar-refractivity contribution in [3.8, 4) is 0 Å². The highest BCUT2D eigenvalue weighted by atomic mass is 16.6. The minimum absolute atomic E-state index is 0.331. The van der Waals surface area contributed by atoms with Gasteiger partial charge in [0.2, 0.25) is 0 Å². The van der Waals surface area contributed by atoms with Crippen molar-refractivity contribution in [1.82, 2.24) is 20.6 Å². The number of hydrogen-bond acceptors (Lipinski definition) is 10. The summed E-state index contributed by atoms with van der Waals surface area (Å²) in [6, 6.07) is 0. The van der Waals surface area contributed by atoms with Crippen LogP contribution < -0.4 is 26.6 Å². The summed E-state index contributed by atoms with van der Waals surface area (Å²) in [5, 5.41) is 30.8. The summed E-state index contributed by atoms with van der Waals surface area (Å²) in [4.78, 5) is 10.1. The standard InChI is InChI=1S/C16H29N7O3/c1-3-5-6-19-16-22-10-13(17)20-8-21-14(10)23(16)15-12(25)11(24)9(26-15)7-18-4-2/h8-9,11-12,15-16,18-19,22,24-25H,3-7H2,1-2H3,(H2,17,20,21)/t9-,11-,12-,15-,16+/m1/s1. The van der Waals surface area contributed by atoms with Crippen molar-refractivity contribution in [2.45, 2.75) is 57.5 Å². The second kappa shape index (κ2) is 8.31. The second-order valence-corrected chi connectivity index (χ2v) is 6.57. The van der Waals surface area contributed by atoms with Gasteiger partial charge in [-0.15, -0.1) is 0 Å². The van der Waals surface area contributed by atoms with Gasteiger partial charge in [-0.05, 0) is 19.5 Å². The summed E-state index contributed by atoms with van der Waals surface area (Å²) in [6.45, 7) is 6.08. The maximum Gasteiger partial charge on any atom is 0.163 e. The minimum Gasteiger partial charge on any atom is -0.387 e. The highest BCUT2D eigenvalue weighted by Gasteiger charge is 2.49. The van der Waals surface area contributed by atoms with Crippen LogP contribution in [0.5, 0.6) is 0 Å². The van der Waals surface area contributed by atoms with E-state index in [-0.39, 0.29) is 6.29 Å². The average molecular weight is 367 g/mol. The summed E-state index contributed by atoms with van der Waals surface area (Å²) < 4.78 is 5.99. The molecule has 0 aromatic carbocycles. The Morgan fingerprint density at radius 3 is 2.85 bits per heavy atom. The van der Waals surface area contributed by atoms with Crippen LogP contribution in [-0.4, -0.2) is 70.6 Å². The van der Waals surface area contributed by atoms with Crippen molar-refractivity contribution in [2.75, 3.05) is 35.6 Å². The first-order valence-electron chi connectivity index (χ1n) is 9.19. The van der Waals surface area contributed by atoms with Crippen LogP contribution >= 0.6 is 0 Å². The van der Waals surface area contributed by atoms with E-state index < -0.39 is 24.5 Å². The number of likely N-dealkylation sites (N-methyl/N-ethyl adjacent to an activating group) is 1. The van der Waals surface area contributed by atoms with Gasteiger partial charge in [-0.3, -0.25) is 10.2 Å². The quantitative estimate of drug-likeness (QED) is 0.318. The van der Waals surface area contributed by atoms with E-state index in [0.717, 1.165) is 25.9 Å². The van der Waals surface area contributed by atoms with Crippen molar-refractivity contribution in [3.05, 3.63) is 6.33 Å². The van der Waals surface area contributed by atoms with Gasteiger partial charge in [-0.25, -0.2) is 9.97 Å². The number of nitrogen functional groups attached to an aromatic ring is 1. The van der Waals surface area contributed by atoms with Crippen LogP contribution in [0.2, 0.25) is 0 Å². The van der Waals surface area contributed by atoms with E-state index in [4.69, 9.17) is 10.5 Å². The Morgan fingerprint density at radius 2 is 2.12 bits per heavy atom. The Morgan fingerprint density at radius 1 is 1.31 bits per heavy atom. The third-order valence-corrected chi connectivity index (χ3v) is 4.74. The molecule has 0 amide bonds. The molecule has 2 aliphatic rings. The van der Waals surface area contributed by atoms with Crippen LogP contribution in [0.1, 0.15) is 26.7 Å². The van der Waals surface area contributed by atoms with Gasteiger partial charge in [-0.2, -0.15) is 0 Å². The number of aromatic nitrogens is 2. The Balaban J connectivity index is 1.83. The lowest BCUT2D eigenvalue weighted by atomic mass is 10.1. The molecule has 0 bridgehead atoms. The van der Waals surface area contributed by atoms with Crippen molar-refractivity contribution in [3.63, 3.8) is 0 Å². The predicted octanol–water partition coefficient (Wildman–Crippen LogP) is -0.980. The molecule has 7 N–H and O–H groups in total. The number of aliphatic hydroxyl groups excluding tert-OH is 2. The zero-order valence-electron chi connectivity index (χ0n) is 15.2. The fraction of sp³-hybridized carbons (Fsp3) is 0.750. The molecular formula is C16H29N7O3. The number of rotatable bonds is 8. The third-order valence-electron chi connectivity index (χ3n) is 4.74. The first-order chi connectivity index (χ1) is 12.6. The molecule has 1 aromatic rings. The van der Waals surface area contributed by atoms with Crippen molar-refractivity contribution < 1.29 is 14.9 Å². The molecule has 0 aliphatic carbocycles. The van der Waals surface area contributed by atoms with E-state index in [9.17, 15) is 10.2 Å². The van der Waals surface area contributed by atoms with Gasteiger partial charge < -0.3 is 31.3 Å². The molecule has 5 atom stereocenters. The molecule has 1 saturated heterocycles. The predicted molar refractivity (Wildman–Crippen MR) is 98.5 cm³/mol. The van der Waals surface area contributed by atoms with E-state index in [0.29, 0.717) is 23.9 Å². The molecule has 2 aliphatic heterocycles. The molecule has 10 nitrogen and oxygen atoms in total. The highest BCUT2D eigenvalue weighted by Crippen LogP contribution is 2.39. The summed E-state index contributed by atoms with van der Waals surface area (Å²) in [5.41, 5.74) is 6.57. The van der Waals surface area contributed by atoms with Crippen molar-refractivity contribution in [1.29, 1.82) is 0 Å². The first-order valence-corrected chi connectivity index (χ1v) is 9.19. The normalized spacial score (nSPS) is 30.5. The number of hydrogen-bond donors (Lipinski definition) is 6. The van der Waals surface area contributed by atoms with Gasteiger partial charge in [0.15, 0.2) is 24.2 Å². The fourth-order valence-electron chi connectivity index (χ4n) is 3.30. The average Bonchev–Trinajstić information content (AvgIpc) is 3.13. The molecule has 3 heterocycles. The Labute approximate surface area is 153 Å². The second-order valence-electron chi connectivity index (χ2n) is 6.57. The third kappa shape index (κ3) is 3.55. The fourth-order valence-corrected chi connectivity index (χ4v) is 3.30. The lowest BCUT2D eigenvalue weighted by Gasteiger charge is -2.33. The summed E-state index contributed by atoms with van der Waals surface area (Å²) in [7, 11) is 0. The topological polar surface area (TPSA) is 141 Å². The van der Waals surface area contributed by atoms with Gasteiger partial charge in [-0.1, -0.05) is 20.3 Å². The molecular weight excluding hydrogens is 338 g/mol. The van der Waals surface area contributed by atoms with E-state index in [2.05, 4.69) is 32.8 Å². The van der Waals surface area contributed by atoms with Crippen LogP contribution in [0.25, 0.3) is 0 Å². The molecule has 10 heteroatoms. The van der Waals surface area contributed by atoms with E-state index >= 15 is 0 Å². The number of nitrogens with two attached hydrogens (primary N) is 1. The number of fused-ring (bicyclic) bond motifs is 1. The first kappa shape index (κ1) is 19.1. The number of nitrogens with zero attached hydrogens (tertiary/aromatic N) is 3. The molecule has 0 unspecified atom stereocenters. The molecule has 1 aromatic heterocycles. The van der Waals surface area contributed by atoms with Crippen LogP contribution in [0.15, 0.2) is 6.33 Å². The van der Waals surface area contributed by atoms with E-state index in [1.54, 1.807) is 4.90 Å². The maximum atomic E-state index is 10.6. The number of ether oxygens (including phenoxy) is 1. The maximum absolute atomic E-state index is 10.6. The Hall–Kier alpha value is -1.72. The number of anilines is 3. The van der Waals surface area contributed by atoms with Crippen LogP contribution in [0.4, 0.5) is 17.3 Å². The van der Waals surface area contributed by atoms with Crippen LogP contribution in [0.3, 0.4) is 0 Å². The van der Waals surface area contributed by atoms with Gasteiger partial charge in [0.05, 0.1) is 0 Å². The highest BCUT2D eigenvalue weighted by molar-refractivity contribution is 5.81. The monoisotopic (exact) mass is 367 g/mol. The lowest BCUT2D eigenvalue weighted by Crippen LogP contribution is -2.55.